The Morgan fingerprint density at radius 1 is 1.00 bits per heavy atom. The molecule has 0 unspecified atom stereocenters. The van der Waals surface area contributed by atoms with E-state index in [2.05, 4.69) is 21.0 Å². The maximum Gasteiger partial charge on any atom is 0.159 e. The first-order chi connectivity index (χ1) is 14.2. The molecular formula is C22H16N6O. The second-order valence-electron chi connectivity index (χ2n) is 6.74. The van der Waals surface area contributed by atoms with Crippen molar-refractivity contribution >= 4 is 16.7 Å². The van der Waals surface area contributed by atoms with Gasteiger partial charge in [0.25, 0.3) is 0 Å². The highest BCUT2D eigenvalue weighted by atomic mass is 16.5. The first-order valence-electron chi connectivity index (χ1n) is 9.00. The lowest BCUT2D eigenvalue weighted by atomic mass is 9.98. The molecule has 0 bridgehead atoms. The van der Waals surface area contributed by atoms with Crippen LogP contribution in [0.15, 0.2) is 61.4 Å². The summed E-state index contributed by atoms with van der Waals surface area (Å²) >= 11 is 0. The largest absolute Gasteiger partial charge is 0.494 e. The number of rotatable bonds is 3. The summed E-state index contributed by atoms with van der Waals surface area (Å²) in [6.07, 6.45) is 7.14. The van der Waals surface area contributed by atoms with Gasteiger partial charge in [0, 0.05) is 24.4 Å². The molecule has 29 heavy (non-hydrogen) atoms. The van der Waals surface area contributed by atoms with Crippen LogP contribution < -0.4 is 4.74 Å². The summed E-state index contributed by atoms with van der Waals surface area (Å²) in [4.78, 5) is 13.4. The van der Waals surface area contributed by atoms with Crippen molar-refractivity contribution in [2.75, 3.05) is 7.11 Å². The van der Waals surface area contributed by atoms with Crippen molar-refractivity contribution in [1.29, 1.82) is 5.26 Å². The van der Waals surface area contributed by atoms with Gasteiger partial charge in [0.1, 0.15) is 16.8 Å². The number of hydrogen-bond donors (Lipinski definition) is 0. The van der Waals surface area contributed by atoms with Crippen molar-refractivity contribution in [3.05, 3.63) is 67.0 Å². The maximum atomic E-state index is 9.13. The van der Waals surface area contributed by atoms with Crippen LogP contribution in [0.3, 0.4) is 0 Å². The van der Waals surface area contributed by atoms with Gasteiger partial charge in [-0.3, -0.25) is 4.40 Å². The lowest BCUT2D eigenvalue weighted by Crippen LogP contribution is -1.99. The quantitative estimate of drug-likeness (QED) is 0.475. The Morgan fingerprint density at radius 3 is 2.59 bits per heavy atom. The first-order valence-corrected chi connectivity index (χ1v) is 9.00. The summed E-state index contributed by atoms with van der Waals surface area (Å²) in [6.45, 7) is 0. The molecule has 0 spiro atoms. The number of pyridine rings is 2. The highest BCUT2D eigenvalue weighted by Gasteiger charge is 2.17. The van der Waals surface area contributed by atoms with Gasteiger partial charge in [-0.2, -0.15) is 5.26 Å². The number of aryl methyl sites for hydroxylation is 1. The Balaban J connectivity index is 1.84. The van der Waals surface area contributed by atoms with Crippen LogP contribution in [-0.2, 0) is 7.05 Å². The van der Waals surface area contributed by atoms with E-state index in [0.717, 1.165) is 44.8 Å². The Labute approximate surface area is 166 Å². The number of fused-ring (bicyclic) bond motifs is 2. The molecule has 0 saturated carbocycles. The second-order valence-corrected chi connectivity index (χ2v) is 6.74. The van der Waals surface area contributed by atoms with Crippen LogP contribution in [0.4, 0.5) is 0 Å². The monoisotopic (exact) mass is 380 g/mol. The fourth-order valence-corrected chi connectivity index (χ4v) is 3.61. The fraction of sp³-hybridized carbons (Fsp3) is 0.0909. The Morgan fingerprint density at radius 2 is 1.83 bits per heavy atom. The molecule has 0 saturated heterocycles. The molecule has 0 atom stereocenters. The number of ether oxygens (including phenoxy) is 1. The van der Waals surface area contributed by atoms with Crippen molar-refractivity contribution in [3.63, 3.8) is 0 Å². The SMILES string of the molecule is COc1cc(-c2ccc(C#N)cc2)c(-c2cnc3c(c2)ncn3C)n2cncc12. The van der Waals surface area contributed by atoms with Crippen LogP contribution in [0.1, 0.15) is 5.56 Å². The zero-order chi connectivity index (χ0) is 20.0. The molecule has 0 aliphatic rings. The molecule has 7 heteroatoms. The third-order valence-electron chi connectivity index (χ3n) is 5.03. The first kappa shape index (κ1) is 17.0. The Bertz CT molecular complexity index is 1410. The third kappa shape index (κ3) is 2.62. The molecule has 0 amide bonds. The Hall–Kier alpha value is -4.18. The van der Waals surface area contributed by atoms with E-state index in [1.807, 2.05) is 58.6 Å². The molecule has 0 aliphatic heterocycles. The van der Waals surface area contributed by atoms with Crippen molar-refractivity contribution in [3.8, 4) is 34.2 Å². The van der Waals surface area contributed by atoms with E-state index in [1.165, 1.54) is 0 Å². The molecule has 4 heterocycles. The van der Waals surface area contributed by atoms with Gasteiger partial charge >= 0.3 is 0 Å². The summed E-state index contributed by atoms with van der Waals surface area (Å²) in [5.41, 5.74) is 6.89. The van der Waals surface area contributed by atoms with Crippen molar-refractivity contribution in [2.24, 2.45) is 7.05 Å². The summed E-state index contributed by atoms with van der Waals surface area (Å²) < 4.78 is 9.50. The molecule has 0 radical (unpaired) electrons. The van der Waals surface area contributed by atoms with E-state index in [1.54, 1.807) is 26.0 Å². The van der Waals surface area contributed by atoms with Gasteiger partial charge in [0.05, 0.1) is 43.3 Å². The maximum absolute atomic E-state index is 9.13. The van der Waals surface area contributed by atoms with Gasteiger partial charge in [0.15, 0.2) is 5.65 Å². The van der Waals surface area contributed by atoms with E-state index in [-0.39, 0.29) is 0 Å². The molecule has 1 aromatic carbocycles. The summed E-state index contributed by atoms with van der Waals surface area (Å²) in [6, 6.07) is 13.7. The van der Waals surface area contributed by atoms with Crippen molar-refractivity contribution < 1.29 is 4.74 Å². The molecule has 140 valence electrons. The predicted molar refractivity (Wildman–Crippen MR) is 109 cm³/mol. The van der Waals surface area contributed by atoms with E-state index >= 15 is 0 Å². The van der Waals surface area contributed by atoms with Crippen LogP contribution in [0.25, 0.3) is 39.1 Å². The normalized spacial score (nSPS) is 11.1. The molecule has 0 fully saturated rings. The molecule has 5 rings (SSSR count). The zero-order valence-electron chi connectivity index (χ0n) is 15.9. The van der Waals surface area contributed by atoms with E-state index in [4.69, 9.17) is 10.00 Å². The van der Waals surface area contributed by atoms with E-state index in [9.17, 15) is 0 Å². The van der Waals surface area contributed by atoms with Crippen LogP contribution in [-0.4, -0.2) is 31.0 Å². The highest BCUT2D eigenvalue weighted by molar-refractivity contribution is 5.88. The van der Waals surface area contributed by atoms with Gasteiger partial charge in [-0.1, -0.05) is 12.1 Å². The van der Waals surface area contributed by atoms with Gasteiger partial charge in [-0.25, -0.2) is 15.0 Å². The molecular weight excluding hydrogens is 364 g/mol. The minimum absolute atomic E-state index is 0.613. The van der Waals surface area contributed by atoms with Crippen LogP contribution in [0.2, 0.25) is 0 Å². The zero-order valence-corrected chi connectivity index (χ0v) is 15.9. The molecule has 0 aliphatic carbocycles. The summed E-state index contributed by atoms with van der Waals surface area (Å²) in [7, 11) is 3.57. The highest BCUT2D eigenvalue weighted by Crippen LogP contribution is 2.38. The second kappa shape index (κ2) is 6.46. The topological polar surface area (TPSA) is 81.0 Å². The van der Waals surface area contributed by atoms with Gasteiger partial charge < -0.3 is 9.30 Å². The number of benzene rings is 1. The summed E-state index contributed by atoms with van der Waals surface area (Å²) in [5, 5.41) is 9.13. The number of aromatic nitrogens is 5. The number of imidazole rings is 2. The van der Waals surface area contributed by atoms with Gasteiger partial charge in [0.2, 0.25) is 0 Å². The summed E-state index contributed by atoms with van der Waals surface area (Å²) in [5.74, 6) is 0.720. The molecule has 7 nitrogen and oxygen atoms in total. The van der Waals surface area contributed by atoms with Crippen molar-refractivity contribution in [1.82, 2.24) is 23.9 Å². The minimum atomic E-state index is 0.613. The molecule has 4 aromatic heterocycles. The number of nitrogens with zero attached hydrogens (tertiary/aromatic N) is 6. The van der Waals surface area contributed by atoms with Crippen LogP contribution in [0.5, 0.6) is 5.75 Å². The van der Waals surface area contributed by atoms with Crippen molar-refractivity contribution in [2.45, 2.75) is 0 Å². The van der Waals surface area contributed by atoms with Crippen LogP contribution in [0, 0.1) is 11.3 Å². The smallest absolute Gasteiger partial charge is 0.159 e. The van der Waals surface area contributed by atoms with Crippen LogP contribution >= 0.6 is 0 Å². The third-order valence-corrected chi connectivity index (χ3v) is 5.03. The molecule has 5 aromatic rings. The number of nitriles is 1. The number of methoxy groups -OCH3 is 1. The van der Waals surface area contributed by atoms with E-state index < -0.39 is 0 Å². The van der Waals surface area contributed by atoms with Gasteiger partial charge in [-0.15, -0.1) is 0 Å². The average Bonchev–Trinajstić information content (AvgIpc) is 3.39. The molecule has 0 N–H and O–H groups in total. The lowest BCUT2D eigenvalue weighted by molar-refractivity contribution is 0.418. The Kier molecular flexibility index (Phi) is 3.78. The predicted octanol–water partition coefficient (Wildman–Crippen LogP) is 3.83. The number of hydrogen-bond acceptors (Lipinski definition) is 5. The minimum Gasteiger partial charge on any atom is -0.494 e. The van der Waals surface area contributed by atoms with E-state index in [0.29, 0.717) is 5.56 Å². The van der Waals surface area contributed by atoms with Gasteiger partial charge in [-0.05, 0) is 29.8 Å². The fourth-order valence-electron chi connectivity index (χ4n) is 3.61. The standard InChI is InChI=1S/C22H16N6O/c1-27-13-26-18-7-16(10-25-22(18)27)21-17(15-5-3-14(9-23)4-6-15)8-20(29-2)19-11-24-12-28(19)21/h3-8,10-13H,1-2H3. The average molecular weight is 380 g/mol. The lowest BCUT2D eigenvalue weighted by Gasteiger charge is -2.16.